The molecule has 0 fully saturated rings. The van der Waals surface area contributed by atoms with Crippen LogP contribution in [0.3, 0.4) is 0 Å². The molecule has 4 aromatic rings. The van der Waals surface area contributed by atoms with Gasteiger partial charge in [0.15, 0.2) is 5.69 Å². The molecule has 0 aliphatic heterocycles. The predicted molar refractivity (Wildman–Crippen MR) is 91.4 cm³/mol. The number of fused-ring (bicyclic) bond motifs is 1. The van der Waals surface area contributed by atoms with Crippen LogP contribution >= 0.6 is 0 Å². The third-order valence-electron chi connectivity index (χ3n) is 4.60. The summed E-state index contributed by atoms with van der Waals surface area (Å²) in [7, 11) is 0. The number of hydrogen-bond acceptors (Lipinski definition) is 7. The fourth-order valence-corrected chi connectivity index (χ4v) is 3.26. The molecule has 4 aromatic heterocycles. The van der Waals surface area contributed by atoms with Crippen molar-refractivity contribution in [3.05, 3.63) is 48.4 Å². The Morgan fingerprint density at radius 1 is 1.00 bits per heavy atom. The van der Waals surface area contributed by atoms with Crippen molar-refractivity contribution in [2.24, 2.45) is 0 Å². The zero-order valence-corrected chi connectivity index (χ0v) is 14.0. The van der Waals surface area contributed by atoms with Crippen LogP contribution in [0.5, 0.6) is 0 Å². The number of pyridine rings is 1. The predicted octanol–water partition coefficient (Wildman–Crippen LogP) is 3.24. The lowest BCUT2D eigenvalue weighted by Crippen LogP contribution is -1.94. The molecule has 1 aliphatic rings. The molecular weight excluding hydrogens is 332 g/mol. The molecule has 0 spiro atoms. The Bertz CT molecular complexity index is 1030. The Morgan fingerprint density at radius 2 is 1.96 bits per heavy atom. The Morgan fingerprint density at radius 3 is 2.88 bits per heavy atom. The van der Waals surface area contributed by atoms with Gasteiger partial charge in [0, 0.05) is 36.1 Å². The van der Waals surface area contributed by atoms with E-state index in [0.29, 0.717) is 17.4 Å². The van der Waals surface area contributed by atoms with E-state index in [2.05, 4.69) is 25.3 Å². The van der Waals surface area contributed by atoms with E-state index in [-0.39, 0.29) is 0 Å². The molecule has 26 heavy (non-hydrogen) atoms. The molecule has 8 heteroatoms. The molecular formula is C18H16N6O2. The third-order valence-corrected chi connectivity index (χ3v) is 4.60. The van der Waals surface area contributed by atoms with Crippen molar-refractivity contribution in [2.45, 2.75) is 32.1 Å². The van der Waals surface area contributed by atoms with Crippen LogP contribution in [0.15, 0.2) is 46.1 Å². The van der Waals surface area contributed by atoms with Gasteiger partial charge in [0.1, 0.15) is 17.9 Å². The number of aromatic nitrogens is 6. The maximum absolute atomic E-state index is 5.51. The number of aryl methyl sites for hydroxylation is 1. The van der Waals surface area contributed by atoms with Crippen LogP contribution < -0.4 is 0 Å². The van der Waals surface area contributed by atoms with Crippen molar-refractivity contribution in [3.8, 4) is 28.8 Å². The van der Waals surface area contributed by atoms with Crippen LogP contribution in [0, 0.1) is 0 Å². The largest absolute Gasteiger partial charge is 0.360 e. The van der Waals surface area contributed by atoms with Gasteiger partial charge in [-0.1, -0.05) is 16.7 Å². The summed E-state index contributed by atoms with van der Waals surface area (Å²) in [6, 6.07) is 3.73. The highest BCUT2D eigenvalue weighted by atomic mass is 16.5. The molecule has 0 saturated carbocycles. The molecule has 0 N–H and O–H groups in total. The van der Waals surface area contributed by atoms with Gasteiger partial charge in [-0.2, -0.15) is 4.98 Å². The van der Waals surface area contributed by atoms with Gasteiger partial charge in [0.2, 0.25) is 5.82 Å². The molecule has 0 bridgehead atoms. The molecule has 130 valence electrons. The SMILES string of the molecule is c1cn(-c2cc(-c3noc(-c4noc5c4CCCCC5)n3)ccn2)cn1. The van der Waals surface area contributed by atoms with Gasteiger partial charge in [-0.25, -0.2) is 9.97 Å². The van der Waals surface area contributed by atoms with Crippen molar-refractivity contribution in [1.29, 1.82) is 0 Å². The first-order chi connectivity index (χ1) is 12.9. The zero-order valence-electron chi connectivity index (χ0n) is 14.0. The zero-order chi connectivity index (χ0) is 17.3. The highest BCUT2D eigenvalue weighted by Crippen LogP contribution is 2.30. The monoisotopic (exact) mass is 348 g/mol. The first-order valence-corrected chi connectivity index (χ1v) is 8.65. The van der Waals surface area contributed by atoms with Gasteiger partial charge in [-0.05, 0) is 31.4 Å². The van der Waals surface area contributed by atoms with E-state index in [1.807, 2.05) is 22.9 Å². The number of imidazole rings is 1. The highest BCUT2D eigenvalue weighted by molar-refractivity contribution is 5.61. The molecule has 0 atom stereocenters. The molecule has 4 heterocycles. The van der Waals surface area contributed by atoms with Gasteiger partial charge < -0.3 is 9.05 Å². The normalized spacial score (nSPS) is 14.2. The molecule has 0 saturated heterocycles. The lowest BCUT2D eigenvalue weighted by Gasteiger charge is -2.01. The van der Waals surface area contributed by atoms with E-state index >= 15 is 0 Å². The van der Waals surface area contributed by atoms with Crippen LogP contribution in [-0.4, -0.2) is 29.8 Å². The highest BCUT2D eigenvalue weighted by Gasteiger charge is 2.23. The summed E-state index contributed by atoms with van der Waals surface area (Å²) in [6.07, 6.45) is 12.3. The first-order valence-electron chi connectivity index (χ1n) is 8.65. The molecule has 0 unspecified atom stereocenters. The standard InChI is InChI=1S/C18H16N6O2/c1-2-4-13-14(5-3-1)25-22-16(13)18-21-17(23-26-18)12-6-7-20-15(10-12)24-9-8-19-11-24/h6-11H,1-5H2. The molecule has 0 amide bonds. The van der Waals surface area contributed by atoms with Crippen LogP contribution in [0.2, 0.25) is 0 Å². The second-order valence-corrected chi connectivity index (χ2v) is 6.29. The van der Waals surface area contributed by atoms with Crippen LogP contribution in [0.1, 0.15) is 30.6 Å². The van der Waals surface area contributed by atoms with Gasteiger partial charge in [-0.15, -0.1) is 0 Å². The minimum absolute atomic E-state index is 0.396. The number of nitrogens with zero attached hydrogens (tertiary/aromatic N) is 6. The molecule has 0 aromatic carbocycles. The van der Waals surface area contributed by atoms with Crippen LogP contribution in [0.25, 0.3) is 28.8 Å². The van der Waals surface area contributed by atoms with Crippen molar-refractivity contribution >= 4 is 0 Å². The van der Waals surface area contributed by atoms with E-state index in [1.54, 1.807) is 18.7 Å². The Hall–Kier alpha value is -3.29. The van der Waals surface area contributed by atoms with Crippen molar-refractivity contribution in [2.75, 3.05) is 0 Å². The van der Waals surface area contributed by atoms with Crippen molar-refractivity contribution in [1.82, 2.24) is 29.8 Å². The fourth-order valence-electron chi connectivity index (χ4n) is 3.26. The average molecular weight is 348 g/mol. The average Bonchev–Trinajstić information content (AvgIpc) is 3.40. The van der Waals surface area contributed by atoms with E-state index in [9.17, 15) is 0 Å². The second-order valence-electron chi connectivity index (χ2n) is 6.29. The third kappa shape index (κ3) is 2.59. The van der Waals surface area contributed by atoms with Crippen molar-refractivity contribution in [3.63, 3.8) is 0 Å². The number of rotatable bonds is 3. The fraction of sp³-hybridized carbons (Fsp3) is 0.278. The maximum Gasteiger partial charge on any atom is 0.280 e. The van der Waals surface area contributed by atoms with E-state index in [0.717, 1.165) is 48.4 Å². The first kappa shape index (κ1) is 15.0. The van der Waals surface area contributed by atoms with Crippen LogP contribution in [0.4, 0.5) is 0 Å². The summed E-state index contributed by atoms with van der Waals surface area (Å²) >= 11 is 0. The maximum atomic E-state index is 5.51. The van der Waals surface area contributed by atoms with Crippen molar-refractivity contribution < 1.29 is 9.05 Å². The van der Waals surface area contributed by atoms with E-state index in [1.165, 1.54) is 6.42 Å². The lowest BCUT2D eigenvalue weighted by molar-refractivity contribution is 0.376. The second kappa shape index (κ2) is 6.21. The Labute approximate surface area is 148 Å². The topological polar surface area (TPSA) is 95.7 Å². The summed E-state index contributed by atoms with van der Waals surface area (Å²) in [4.78, 5) is 12.9. The minimum Gasteiger partial charge on any atom is -0.360 e. The summed E-state index contributed by atoms with van der Waals surface area (Å²) < 4.78 is 12.8. The number of hydrogen-bond donors (Lipinski definition) is 0. The lowest BCUT2D eigenvalue weighted by atomic mass is 10.1. The van der Waals surface area contributed by atoms with Gasteiger partial charge >= 0.3 is 0 Å². The summed E-state index contributed by atoms with van der Waals surface area (Å²) in [5.41, 5.74) is 2.59. The van der Waals surface area contributed by atoms with Gasteiger partial charge in [-0.3, -0.25) is 4.57 Å². The minimum atomic E-state index is 0.396. The summed E-state index contributed by atoms with van der Waals surface area (Å²) in [5, 5.41) is 8.30. The van der Waals surface area contributed by atoms with Gasteiger partial charge in [0.05, 0.1) is 0 Å². The molecule has 5 rings (SSSR count). The van der Waals surface area contributed by atoms with E-state index in [4.69, 9.17) is 9.05 Å². The quantitative estimate of drug-likeness (QED) is 0.524. The molecule has 8 nitrogen and oxygen atoms in total. The van der Waals surface area contributed by atoms with E-state index < -0.39 is 0 Å². The van der Waals surface area contributed by atoms with Gasteiger partial charge in [0.25, 0.3) is 5.89 Å². The molecule has 1 aliphatic carbocycles. The summed E-state index contributed by atoms with van der Waals surface area (Å²) in [6.45, 7) is 0. The van der Waals surface area contributed by atoms with Crippen LogP contribution in [-0.2, 0) is 12.8 Å². The molecule has 0 radical (unpaired) electrons. The Balaban J connectivity index is 1.50. The summed E-state index contributed by atoms with van der Waals surface area (Å²) in [5.74, 6) is 2.58. The Kier molecular flexibility index (Phi) is 3.59. The smallest absolute Gasteiger partial charge is 0.280 e.